The third-order valence-corrected chi connectivity index (χ3v) is 2.28. The second kappa shape index (κ2) is 3.61. The summed E-state index contributed by atoms with van der Waals surface area (Å²) >= 11 is 0. The molecular formula is C10H10N2O3. The highest BCUT2D eigenvalue weighted by atomic mass is 16.4. The van der Waals surface area contributed by atoms with Crippen molar-refractivity contribution >= 4 is 17.7 Å². The van der Waals surface area contributed by atoms with Crippen LogP contribution >= 0.6 is 0 Å². The molecule has 0 radical (unpaired) electrons. The van der Waals surface area contributed by atoms with Gasteiger partial charge < -0.3 is 10.4 Å². The Bertz CT molecular complexity index is 400. The largest absolute Gasteiger partial charge is 0.478 e. The summed E-state index contributed by atoms with van der Waals surface area (Å²) in [6.07, 6.45) is 0. The van der Waals surface area contributed by atoms with Crippen molar-refractivity contribution in [2.75, 3.05) is 18.0 Å². The molecule has 1 aliphatic rings. The van der Waals surface area contributed by atoms with Crippen LogP contribution in [-0.2, 0) is 0 Å². The summed E-state index contributed by atoms with van der Waals surface area (Å²) in [5, 5.41) is 11.4. The van der Waals surface area contributed by atoms with Gasteiger partial charge in [0.25, 0.3) is 0 Å². The molecule has 2 rings (SSSR count). The van der Waals surface area contributed by atoms with Crippen molar-refractivity contribution in [3.05, 3.63) is 29.8 Å². The highest BCUT2D eigenvalue weighted by Crippen LogP contribution is 2.17. The third kappa shape index (κ3) is 1.76. The van der Waals surface area contributed by atoms with Gasteiger partial charge in [-0.3, -0.25) is 4.90 Å². The van der Waals surface area contributed by atoms with Crippen LogP contribution in [0.4, 0.5) is 10.5 Å². The summed E-state index contributed by atoms with van der Waals surface area (Å²) < 4.78 is 0. The predicted molar refractivity (Wildman–Crippen MR) is 54.1 cm³/mol. The Morgan fingerprint density at radius 3 is 2.47 bits per heavy atom. The number of hydrogen-bond acceptors (Lipinski definition) is 2. The monoisotopic (exact) mass is 206 g/mol. The molecule has 1 saturated heterocycles. The minimum absolute atomic E-state index is 0.141. The summed E-state index contributed by atoms with van der Waals surface area (Å²) in [4.78, 5) is 23.5. The van der Waals surface area contributed by atoms with E-state index in [2.05, 4.69) is 5.32 Å². The molecular weight excluding hydrogens is 196 g/mol. The summed E-state index contributed by atoms with van der Waals surface area (Å²) in [5.41, 5.74) is 0.938. The maximum atomic E-state index is 11.3. The maximum absolute atomic E-state index is 11.3. The second-order valence-corrected chi connectivity index (χ2v) is 3.24. The number of carbonyl (C=O) groups excluding carboxylic acids is 1. The number of carboxylic acids is 1. The Labute approximate surface area is 86.3 Å². The zero-order valence-corrected chi connectivity index (χ0v) is 7.93. The maximum Gasteiger partial charge on any atom is 0.335 e. The topological polar surface area (TPSA) is 69.6 Å². The van der Waals surface area contributed by atoms with E-state index in [1.54, 1.807) is 17.0 Å². The van der Waals surface area contributed by atoms with Gasteiger partial charge in [0, 0.05) is 18.8 Å². The van der Waals surface area contributed by atoms with Crippen LogP contribution in [0, 0.1) is 0 Å². The Hall–Kier alpha value is -2.04. The first-order chi connectivity index (χ1) is 7.18. The van der Waals surface area contributed by atoms with Gasteiger partial charge in [-0.1, -0.05) is 0 Å². The molecule has 5 heteroatoms. The SMILES string of the molecule is O=C(O)c1ccc(N2CCNC2=O)cc1. The van der Waals surface area contributed by atoms with E-state index in [4.69, 9.17) is 5.11 Å². The number of aromatic carboxylic acids is 1. The molecule has 0 unspecified atom stereocenters. The molecule has 5 nitrogen and oxygen atoms in total. The number of nitrogens with one attached hydrogen (secondary N) is 1. The average Bonchev–Trinajstić information content (AvgIpc) is 2.65. The second-order valence-electron chi connectivity index (χ2n) is 3.24. The van der Waals surface area contributed by atoms with Crippen LogP contribution in [0.15, 0.2) is 24.3 Å². The van der Waals surface area contributed by atoms with E-state index in [-0.39, 0.29) is 11.6 Å². The number of carbonyl (C=O) groups is 2. The standard InChI is InChI=1S/C10H10N2O3/c13-9(14)7-1-3-8(4-2-7)12-6-5-11-10(12)15/h1-4H,5-6H2,(H,11,15)(H,13,14). The molecule has 2 amide bonds. The fourth-order valence-electron chi connectivity index (χ4n) is 1.50. The van der Waals surface area contributed by atoms with Crippen LogP contribution in [-0.4, -0.2) is 30.2 Å². The van der Waals surface area contributed by atoms with Crippen LogP contribution < -0.4 is 10.2 Å². The van der Waals surface area contributed by atoms with Gasteiger partial charge in [0.05, 0.1) is 5.56 Å². The zero-order chi connectivity index (χ0) is 10.8. The van der Waals surface area contributed by atoms with Crippen molar-refractivity contribution in [1.29, 1.82) is 0 Å². The minimum atomic E-state index is -0.965. The number of benzene rings is 1. The lowest BCUT2D eigenvalue weighted by Crippen LogP contribution is -2.27. The molecule has 0 saturated carbocycles. The molecule has 0 bridgehead atoms. The van der Waals surface area contributed by atoms with Crippen molar-refractivity contribution < 1.29 is 14.7 Å². The molecule has 1 aromatic rings. The molecule has 1 fully saturated rings. The molecule has 0 spiro atoms. The first-order valence-corrected chi connectivity index (χ1v) is 4.57. The van der Waals surface area contributed by atoms with E-state index >= 15 is 0 Å². The first-order valence-electron chi connectivity index (χ1n) is 4.57. The van der Waals surface area contributed by atoms with Crippen molar-refractivity contribution in [1.82, 2.24) is 5.32 Å². The van der Waals surface area contributed by atoms with Crippen LogP contribution in [0.1, 0.15) is 10.4 Å². The molecule has 0 aromatic heterocycles. The highest BCUT2D eigenvalue weighted by Gasteiger charge is 2.20. The predicted octanol–water partition coefficient (Wildman–Crippen LogP) is 0.914. The molecule has 78 valence electrons. The van der Waals surface area contributed by atoms with Gasteiger partial charge in [0.15, 0.2) is 0 Å². The van der Waals surface area contributed by atoms with E-state index in [1.165, 1.54) is 12.1 Å². The molecule has 1 aliphatic heterocycles. The summed E-state index contributed by atoms with van der Waals surface area (Å²) in [5.74, 6) is -0.965. The van der Waals surface area contributed by atoms with Crippen LogP contribution in [0.2, 0.25) is 0 Å². The van der Waals surface area contributed by atoms with Gasteiger partial charge in [0.1, 0.15) is 0 Å². The Morgan fingerprint density at radius 2 is 2.00 bits per heavy atom. The van der Waals surface area contributed by atoms with Crippen molar-refractivity contribution in [3.8, 4) is 0 Å². The van der Waals surface area contributed by atoms with Crippen LogP contribution in [0.5, 0.6) is 0 Å². The number of anilines is 1. The average molecular weight is 206 g/mol. The van der Waals surface area contributed by atoms with E-state index < -0.39 is 5.97 Å². The van der Waals surface area contributed by atoms with E-state index in [0.29, 0.717) is 13.1 Å². The fourth-order valence-corrected chi connectivity index (χ4v) is 1.50. The molecule has 0 aliphatic carbocycles. The smallest absolute Gasteiger partial charge is 0.335 e. The summed E-state index contributed by atoms with van der Waals surface area (Å²) in [6, 6.07) is 6.10. The number of amides is 2. The molecule has 0 atom stereocenters. The molecule has 15 heavy (non-hydrogen) atoms. The zero-order valence-electron chi connectivity index (χ0n) is 7.93. The van der Waals surface area contributed by atoms with Crippen LogP contribution in [0.3, 0.4) is 0 Å². The van der Waals surface area contributed by atoms with E-state index in [9.17, 15) is 9.59 Å². The third-order valence-electron chi connectivity index (χ3n) is 2.28. The fraction of sp³-hybridized carbons (Fsp3) is 0.200. The summed E-state index contributed by atoms with van der Waals surface area (Å²) in [6.45, 7) is 1.24. The number of rotatable bonds is 2. The van der Waals surface area contributed by atoms with Gasteiger partial charge in [-0.25, -0.2) is 9.59 Å². The van der Waals surface area contributed by atoms with Gasteiger partial charge >= 0.3 is 12.0 Å². The lowest BCUT2D eigenvalue weighted by molar-refractivity contribution is 0.0697. The number of hydrogen-bond donors (Lipinski definition) is 2. The molecule has 1 heterocycles. The molecule has 1 aromatic carbocycles. The normalized spacial score (nSPS) is 15.2. The van der Waals surface area contributed by atoms with Crippen molar-refractivity contribution in [3.63, 3.8) is 0 Å². The molecule has 2 N–H and O–H groups in total. The Balaban J connectivity index is 2.23. The highest BCUT2D eigenvalue weighted by molar-refractivity contribution is 5.95. The number of carboxylic acid groups (broad SMARTS) is 1. The van der Waals surface area contributed by atoms with Crippen molar-refractivity contribution in [2.45, 2.75) is 0 Å². The van der Waals surface area contributed by atoms with E-state index in [0.717, 1.165) is 5.69 Å². The lowest BCUT2D eigenvalue weighted by atomic mass is 10.2. The van der Waals surface area contributed by atoms with Gasteiger partial charge in [-0.2, -0.15) is 0 Å². The van der Waals surface area contributed by atoms with E-state index in [1.807, 2.05) is 0 Å². The van der Waals surface area contributed by atoms with Gasteiger partial charge in [-0.05, 0) is 24.3 Å². The lowest BCUT2D eigenvalue weighted by Gasteiger charge is -2.13. The minimum Gasteiger partial charge on any atom is -0.478 e. The van der Waals surface area contributed by atoms with Gasteiger partial charge in [0.2, 0.25) is 0 Å². The summed E-state index contributed by atoms with van der Waals surface area (Å²) in [7, 11) is 0. The Kier molecular flexibility index (Phi) is 2.29. The first kappa shape index (κ1) is 9.51. The van der Waals surface area contributed by atoms with Crippen LogP contribution in [0.25, 0.3) is 0 Å². The quantitative estimate of drug-likeness (QED) is 0.755. The van der Waals surface area contributed by atoms with Gasteiger partial charge in [-0.15, -0.1) is 0 Å². The Morgan fingerprint density at radius 1 is 1.33 bits per heavy atom. The number of urea groups is 1. The number of nitrogens with zero attached hydrogens (tertiary/aromatic N) is 1. The van der Waals surface area contributed by atoms with Crippen molar-refractivity contribution in [2.24, 2.45) is 0 Å².